The van der Waals surface area contributed by atoms with Crippen molar-refractivity contribution in [2.75, 3.05) is 6.54 Å². The van der Waals surface area contributed by atoms with Gasteiger partial charge in [-0.25, -0.2) is 0 Å². The Morgan fingerprint density at radius 2 is 1.42 bits per heavy atom. The van der Waals surface area contributed by atoms with Gasteiger partial charge in [0.05, 0.1) is 17.2 Å². The van der Waals surface area contributed by atoms with Crippen molar-refractivity contribution in [2.24, 2.45) is 5.92 Å². The molecule has 2 atom stereocenters. The van der Waals surface area contributed by atoms with Crippen LogP contribution in [0.5, 0.6) is 0 Å². The molecule has 1 saturated heterocycles. The van der Waals surface area contributed by atoms with Crippen LogP contribution in [-0.4, -0.2) is 30.4 Å². The summed E-state index contributed by atoms with van der Waals surface area (Å²) in [4.78, 5) is 25.2. The molecule has 1 aliphatic heterocycles. The molecule has 1 aliphatic carbocycles. The zero-order valence-electron chi connectivity index (χ0n) is 20.5. The van der Waals surface area contributed by atoms with E-state index in [4.69, 9.17) is 0 Å². The van der Waals surface area contributed by atoms with Crippen LogP contribution in [-0.2, 0) is 17.1 Å². The third-order valence-electron chi connectivity index (χ3n) is 7.26. The molecule has 0 radical (unpaired) electrons. The lowest BCUT2D eigenvalue weighted by atomic mass is 9.85. The Balaban J connectivity index is 1.24. The molecule has 2 aliphatic rings. The molecule has 0 spiro atoms. The second-order valence-corrected chi connectivity index (χ2v) is 9.99. The van der Waals surface area contributed by atoms with Crippen LogP contribution >= 0.6 is 0 Å². The third kappa shape index (κ3) is 7.06. The van der Waals surface area contributed by atoms with E-state index in [0.717, 1.165) is 18.4 Å². The van der Waals surface area contributed by atoms with Gasteiger partial charge in [0.25, 0.3) is 5.91 Å². The largest absolute Gasteiger partial charge is 0.416 e. The average Bonchev–Trinajstić information content (AvgIpc) is 3.38. The van der Waals surface area contributed by atoms with E-state index in [-0.39, 0.29) is 42.6 Å². The van der Waals surface area contributed by atoms with Crippen LogP contribution < -0.4 is 16.0 Å². The zero-order valence-corrected chi connectivity index (χ0v) is 20.5. The Morgan fingerprint density at radius 1 is 0.816 bits per heavy atom. The predicted octanol–water partition coefficient (Wildman–Crippen LogP) is 5.62. The predicted molar refractivity (Wildman–Crippen MR) is 128 cm³/mol. The first-order valence-corrected chi connectivity index (χ1v) is 12.6. The molecule has 4 rings (SSSR count). The van der Waals surface area contributed by atoms with Crippen molar-refractivity contribution in [3.63, 3.8) is 0 Å². The SMILES string of the molecule is O=C(NCC1CCC(NC(=O)[C@H]2CC[C@@H](c3ccccc3)N2)CC1)c1cc(C(F)(F)F)cc(C(F)(F)F)c1. The molecular formula is C27H29F6N3O2. The summed E-state index contributed by atoms with van der Waals surface area (Å²) in [6.07, 6.45) is -5.78. The zero-order chi connectivity index (χ0) is 27.5. The van der Waals surface area contributed by atoms with E-state index >= 15 is 0 Å². The molecule has 2 fully saturated rings. The number of benzene rings is 2. The van der Waals surface area contributed by atoms with Gasteiger partial charge in [0.15, 0.2) is 0 Å². The summed E-state index contributed by atoms with van der Waals surface area (Å²) in [5.74, 6) is -1.03. The highest BCUT2D eigenvalue weighted by molar-refractivity contribution is 5.94. The first-order chi connectivity index (χ1) is 17.9. The van der Waals surface area contributed by atoms with Gasteiger partial charge in [0, 0.05) is 24.2 Å². The van der Waals surface area contributed by atoms with Gasteiger partial charge < -0.3 is 10.6 Å². The fourth-order valence-corrected chi connectivity index (χ4v) is 5.14. The van der Waals surface area contributed by atoms with Crippen molar-refractivity contribution in [2.45, 2.75) is 69.0 Å². The van der Waals surface area contributed by atoms with Crippen molar-refractivity contribution in [1.82, 2.24) is 16.0 Å². The van der Waals surface area contributed by atoms with E-state index in [9.17, 15) is 35.9 Å². The van der Waals surface area contributed by atoms with Gasteiger partial charge in [-0.2, -0.15) is 26.3 Å². The first kappa shape index (κ1) is 27.9. The van der Waals surface area contributed by atoms with Gasteiger partial charge in [-0.3, -0.25) is 14.9 Å². The molecule has 11 heteroatoms. The molecule has 2 aromatic carbocycles. The van der Waals surface area contributed by atoms with Gasteiger partial charge in [-0.05, 0) is 68.2 Å². The summed E-state index contributed by atoms with van der Waals surface area (Å²) in [5, 5.41) is 8.94. The summed E-state index contributed by atoms with van der Waals surface area (Å²) in [7, 11) is 0. The van der Waals surface area contributed by atoms with Gasteiger partial charge in [-0.1, -0.05) is 30.3 Å². The quantitative estimate of drug-likeness (QED) is 0.416. The summed E-state index contributed by atoms with van der Waals surface area (Å²) >= 11 is 0. The van der Waals surface area contributed by atoms with E-state index in [0.29, 0.717) is 37.8 Å². The van der Waals surface area contributed by atoms with Crippen LogP contribution in [0.2, 0.25) is 0 Å². The molecule has 0 bridgehead atoms. The van der Waals surface area contributed by atoms with E-state index in [1.54, 1.807) is 0 Å². The van der Waals surface area contributed by atoms with E-state index in [1.807, 2.05) is 30.3 Å². The average molecular weight is 542 g/mol. The minimum Gasteiger partial charge on any atom is -0.352 e. The Hall–Kier alpha value is -3.08. The number of hydrogen-bond donors (Lipinski definition) is 3. The van der Waals surface area contributed by atoms with Crippen LogP contribution in [0, 0.1) is 5.92 Å². The van der Waals surface area contributed by atoms with E-state index < -0.39 is 35.0 Å². The standard InChI is InChI=1S/C27H29F6N3O2/c28-26(29,30)19-12-18(13-20(14-19)27(31,32)33)24(37)34-15-16-6-8-21(9-7-16)35-25(38)23-11-10-22(36-23)17-4-2-1-3-5-17/h1-5,12-14,16,21-23,36H,6-11,15H2,(H,34,37)(H,35,38)/t16?,21?,22-,23+/m0/s1. The monoisotopic (exact) mass is 541 g/mol. The summed E-state index contributed by atoms with van der Waals surface area (Å²) < 4.78 is 78.4. The normalized spacial score (nSPS) is 24.2. The van der Waals surface area contributed by atoms with Crippen LogP contribution in [0.3, 0.4) is 0 Å². The fraction of sp³-hybridized carbons (Fsp3) is 0.481. The summed E-state index contributed by atoms with van der Waals surface area (Å²) in [5.41, 5.74) is -2.60. The molecule has 1 saturated carbocycles. The minimum absolute atomic E-state index is 0.00470. The highest BCUT2D eigenvalue weighted by Gasteiger charge is 2.38. The third-order valence-corrected chi connectivity index (χ3v) is 7.26. The maximum atomic E-state index is 13.1. The number of carbonyl (C=O) groups excluding carboxylic acids is 2. The molecule has 1 heterocycles. The first-order valence-electron chi connectivity index (χ1n) is 12.6. The molecule has 2 amide bonds. The molecule has 0 unspecified atom stereocenters. The Bertz CT molecular complexity index is 1100. The maximum Gasteiger partial charge on any atom is 0.416 e. The van der Waals surface area contributed by atoms with E-state index in [1.165, 1.54) is 0 Å². The summed E-state index contributed by atoms with van der Waals surface area (Å²) in [6.45, 7) is 0.125. The number of alkyl halides is 6. The van der Waals surface area contributed by atoms with Crippen molar-refractivity contribution in [3.8, 4) is 0 Å². The lowest BCUT2D eigenvalue weighted by Crippen LogP contribution is -2.47. The van der Waals surface area contributed by atoms with Crippen molar-refractivity contribution in [1.29, 1.82) is 0 Å². The molecule has 5 nitrogen and oxygen atoms in total. The molecule has 38 heavy (non-hydrogen) atoms. The lowest BCUT2D eigenvalue weighted by molar-refractivity contribution is -0.143. The minimum atomic E-state index is -5.02. The van der Waals surface area contributed by atoms with Crippen LogP contribution in [0.1, 0.15) is 71.6 Å². The summed E-state index contributed by atoms with van der Waals surface area (Å²) in [6, 6.07) is 10.6. The number of rotatable bonds is 6. The highest BCUT2D eigenvalue weighted by Crippen LogP contribution is 2.36. The molecule has 0 aromatic heterocycles. The van der Waals surface area contributed by atoms with Crippen LogP contribution in [0.15, 0.2) is 48.5 Å². The van der Waals surface area contributed by atoms with Gasteiger partial charge in [0.2, 0.25) is 5.91 Å². The van der Waals surface area contributed by atoms with Gasteiger partial charge in [0.1, 0.15) is 0 Å². The van der Waals surface area contributed by atoms with Crippen molar-refractivity contribution in [3.05, 3.63) is 70.8 Å². The van der Waals surface area contributed by atoms with Crippen LogP contribution in [0.25, 0.3) is 0 Å². The molecule has 206 valence electrons. The van der Waals surface area contributed by atoms with Gasteiger partial charge in [-0.15, -0.1) is 0 Å². The number of amides is 2. The molecule has 2 aromatic rings. The number of carbonyl (C=O) groups is 2. The fourth-order valence-electron chi connectivity index (χ4n) is 5.14. The van der Waals surface area contributed by atoms with E-state index in [2.05, 4.69) is 16.0 Å². The molecule has 3 N–H and O–H groups in total. The molecular weight excluding hydrogens is 512 g/mol. The van der Waals surface area contributed by atoms with Gasteiger partial charge >= 0.3 is 12.4 Å². The second kappa shape index (κ2) is 11.3. The number of hydrogen-bond acceptors (Lipinski definition) is 3. The maximum absolute atomic E-state index is 13.1. The number of nitrogens with one attached hydrogen (secondary N) is 3. The topological polar surface area (TPSA) is 70.2 Å². The Morgan fingerprint density at radius 3 is 2.00 bits per heavy atom. The van der Waals surface area contributed by atoms with Crippen molar-refractivity contribution >= 4 is 11.8 Å². The Kier molecular flexibility index (Phi) is 8.34. The second-order valence-electron chi connectivity index (χ2n) is 9.99. The lowest BCUT2D eigenvalue weighted by Gasteiger charge is -2.30. The smallest absolute Gasteiger partial charge is 0.352 e. The van der Waals surface area contributed by atoms with Crippen molar-refractivity contribution < 1.29 is 35.9 Å². The Labute approximate surface area is 216 Å². The number of halogens is 6. The van der Waals surface area contributed by atoms with Crippen LogP contribution in [0.4, 0.5) is 26.3 Å². The highest BCUT2D eigenvalue weighted by atomic mass is 19.4.